The molecule has 0 saturated heterocycles. The molecule has 1 amide bonds. The van der Waals surface area contributed by atoms with Gasteiger partial charge in [0.15, 0.2) is 11.5 Å². The quantitative estimate of drug-likeness (QED) is 0.812. The van der Waals surface area contributed by atoms with Gasteiger partial charge in [-0.3, -0.25) is 9.59 Å². The van der Waals surface area contributed by atoms with Crippen LogP contribution in [0, 0.1) is 5.41 Å². The van der Waals surface area contributed by atoms with E-state index in [2.05, 4.69) is 18.7 Å². The summed E-state index contributed by atoms with van der Waals surface area (Å²) in [6.07, 6.45) is 0. The van der Waals surface area contributed by atoms with Crippen LogP contribution in [0.15, 0.2) is 41.7 Å². The maximum absolute atomic E-state index is 13.0. The van der Waals surface area contributed by atoms with Crippen LogP contribution in [-0.4, -0.2) is 52.8 Å². The Bertz CT molecular complexity index is 685. The Morgan fingerprint density at radius 3 is 2.23 bits per heavy atom. The summed E-state index contributed by atoms with van der Waals surface area (Å²) < 4.78 is 0. The molecule has 26 heavy (non-hydrogen) atoms. The van der Waals surface area contributed by atoms with Gasteiger partial charge in [-0.05, 0) is 18.7 Å². The minimum Gasteiger partial charge on any atom is -0.503 e. The fourth-order valence-corrected chi connectivity index (χ4v) is 3.29. The third kappa shape index (κ3) is 3.98. The van der Waals surface area contributed by atoms with Gasteiger partial charge in [-0.15, -0.1) is 0 Å². The van der Waals surface area contributed by atoms with Crippen molar-refractivity contribution in [2.24, 2.45) is 5.41 Å². The van der Waals surface area contributed by atoms with Crippen LogP contribution in [0.5, 0.6) is 0 Å². The predicted molar refractivity (Wildman–Crippen MR) is 103 cm³/mol. The molecule has 0 saturated carbocycles. The number of Topliss-reactive ketones (excluding diaryl/α,β-unsaturated/α-hetero) is 1. The van der Waals surface area contributed by atoms with E-state index in [0.717, 1.165) is 18.7 Å². The van der Waals surface area contributed by atoms with E-state index in [9.17, 15) is 14.7 Å². The van der Waals surface area contributed by atoms with Gasteiger partial charge >= 0.3 is 0 Å². The summed E-state index contributed by atoms with van der Waals surface area (Å²) in [7, 11) is 0. The van der Waals surface area contributed by atoms with Gasteiger partial charge in [0.2, 0.25) is 0 Å². The molecule has 1 atom stereocenters. The third-order valence-corrected chi connectivity index (χ3v) is 4.90. The van der Waals surface area contributed by atoms with Crippen molar-refractivity contribution in [1.82, 2.24) is 9.80 Å². The van der Waals surface area contributed by atoms with E-state index in [1.54, 1.807) is 25.7 Å². The second-order valence-electron chi connectivity index (χ2n) is 7.68. The number of aliphatic hydroxyl groups is 1. The molecule has 142 valence electrons. The lowest BCUT2D eigenvalue weighted by molar-refractivity contribution is -0.129. The van der Waals surface area contributed by atoms with E-state index < -0.39 is 23.1 Å². The molecular weight excluding hydrogens is 328 g/mol. The molecule has 5 nitrogen and oxygen atoms in total. The Hall–Kier alpha value is -2.14. The van der Waals surface area contributed by atoms with Crippen LogP contribution in [0.1, 0.15) is 46.2 Å². The minimum absolute atomic E-state index is 0.192. The number of carbonyl (C=O) groups excluding carboxylic acids is 2. The van der Waals surface area contributed by atoms with E-state index in [1.165, 1.54) is 0 Å². The number of amides is 1. The van der Waals surface area contributed by atoms with Gasteiger partial charge in [0, 0.05) is 18.5 Å². The summed E-state index contributed by atoms with van der Waals surface area (Å²) in [5.74, 6) is -1.06. The van der Waals surface area contributed by atoms with Gasteiger partial charge < -0.3 is 14.9 Å². The summed E-state index contributed by atoms with van der Waals surface area (Å²) in [6, 6.07) is 8.93. The lowest BCUT2D eigenvalue weighted by Gasteiger charge is -2.30. The summed E-state index contributed by atoms with van der Waals surface area (Å²) in [5, 5.41) is 10.5. The summed E-state index contributed by atoms with van der Waals surface area (Å²) in [6.45, 7) is 12.5. The first-order chi connectivity index (χ1) is 12.2. The maximum Gasteiger partial charge on any atom is 0.290 e. The van der Waals surface area contributed by atoms with Crippen LogP contribution in [0.3, 0.4) is 0 Å². The SMILES string of the molecule is CCN(CC)CCN1C(=O)C(O)=C(C(=O)C(C)(C)C)C1c1ccccc1. The number of nitrogens with zero attached hydrogens (tertiary/aromatic N) is 2. The smallest absolute Gasteiger partial charge is 0.290 e. The fraction of sp³-hybridized carbons (Fsp3) is 0.524. The normalized spacial score (nSPS) is 18.2. The van der Waals surface area contributed by atoms with Gasteiger partial charge in [0.1, 0.15) is 0 Å². The Kier molecular flexibility index (Phi) is 6.24. The number of ketones is 1. The molecule has 1 aliphatic heterocycles. The predicted octanol–water partition coefficient (Wildman–Crippen LogP) is 3.34. The molecule has 0 aliphatic carbocycles. The third-order valence-electron chi connectivity index (χ3n) is 4.90. The topological polar surface area (TPSA) is 60.9 Å². The first-order valence-electron chi connectivity index (χ1n) is 9.28. The van der Waals surface area contributed by atoms with E-state index in [0.29, 0.717) is 13.1 Å². The van der Waals surface area contributed by atoms with Crippen molar-refractivity contribution < 1.29 is 14.7 Å². The number of hydrogen-bond acceptors (Lipinski definition) is 4. The molecule has 0 aromatic heterocycles. The van der Waals surface area contributed by atoms with Gasteiger partial charge in [-0.2, -0.15) is 0 Å². The van der Waals surface area contributed by atoms with Gasteiger partial charge in [-0.1, -0.05) is 65.0 Å². The Morgan fingerprint density at radius 2 is 1.73 bits per heavy atom. The van der Waals surface area contributed by atoms with Crippen LogP contribution in [0.25, 0.3) is 0 Å². The molecule has 0 spiro atoms. The number of rotatable bonds is 7. The molecule has 1 unspecified atom stereocenters. The van der Waals surface area contributed by atoms with Crippen molar-refractivity contribution in [2.75, 3.05) is 26.2 Å². The molecule has 1 aliphatic rings. The average molecular weight is 358 g/mol. The molecule has 1 aromatic carbocycles. The van der Waals surface area contributed by atoms with Crippen molar-refractivity contribution in [3.8, 4) is 0 Å². The zero-order valence-corrected chi connectivity index (χ0v) is 16.5. The van der Waals surface area contributed by atoms with E-state index >= 15 is 0 Å². The largest absolute Gasteiger partial charge is 0.503 e. The molecule has 2 rings (SSSR count). The highest BCUT2D eigenvalue weighted by Crippen LogP contribution is 2.40. The van der Waals surface area contributed by atoms with Crippen molar-refractivity contribution in [3.63, 3.8) is 0 Å². The second-order valence-corrected chi connectivity index (χ2v) is 7.68. The highest BCUT2D eigenvalue weighted by atomic mass is 16.3. The highest BCUT2D eigenvalue weighted by Gasteiger charge is 2.45. The number of likely N-dealkylation sites (N-methyl/N-ethyl adjacent to an activating group) is 1. The van der Waals surface area contributed by atoms with Crippen LogP contribution in [0.2, 0.25) is 0 Å². The number of aliphatic hydroxyl groups excluding tert-OH is 1. The summed E-state index contributed by atoms with van der Waals surface area (Å²) in [4.78, 5) is 29.6. The van der Waals surface area contributed by atoms with Gasteiger partial charge in [-0.25, -0.2) is 0 Å². The summed E-state index contributed by atoms with van der Waals surface area (Å²) >= 11 is 0. The van der Waals surface area contributed by atoms with E-state index in [1.807, 2.05) is 30.3 Å². The van der Waals surface area contributed by atoms with E-state index in [-0.39, 0.29) is 11.4 Å². The Morgan fingerprint density at radius 1 is 1.15 bits per heavy atom. The van der Waals surface area contributed by atoms with Crippen molar-refractivity contribution in [3.05, 3.63) is 47.2 Å². The number of benzene rings is 1. The fourth-order valence-electron chi connectivity index (χ4n) is 3.29. The van der Waals surface area contributed by atoms with Crippen LogP contribution in [-0.2, 0) is 9.59 Å². The first kappa shape index (κ1) is 20.2. The standard InChI is InChI=1S/C21H30N2O3/c1-6-22(7-2)13-14-23-17(15-11-9-8-10-12-15)16(18(24)20(23)26)19(25)21(3,4)5/h8-12,17,24H,6-7,13-14H2,1-5H3. The first-order valence-corrected chi connectivity index (χ1v) is 9.28. The Labute approximate surface area is 156 Å². The van der Waals surface area contributed by atoms with Crippen molar-refractivity contribution >= 4 is 11.7 Å². The lowest BCUT2D eigenvalue weighted by atomic mass is 9.82. The maximum atomic E-state index is 13.0. The second kappa shape index (κ2) is 8.04. The minimum atomic E-state index is -0.675. The van der Waals surface area contributed by atoms with Crippen LogP contribution >= 0.6 is 0 Å². The van der Waals surface area contributed by atoms with Crippen LogP contribution in [0.4, 0.5) is 0 Å². The van der Waals surface area contributed by atoms with Gasteiger partial charge in [0.05, 0.1) is 11.6 Å². The van der Waals surface area contributed by atoms with Crippen LogP contribution < -0.4 is 0 Å². The lowest BCUT2D eigenvalue weighted by Crippen LogP contribution is -2.39. The molecule has 1 aromatic rings. The molecule has 5 heteroatoms. The number of carbonyl (C=O) groups is 2. The molecule has 0 fully saturated rings. The molecule has 1 N–H and O–H groups in total. The average Bonchev–Trinajstić information content (AvgIpc) is 2.86. The monoisotopic (exact) mass is 358 g/mol. The molecule has 1 heterocycles. The molecule has 0 bridgehead atoms. The van der Waals surface area contributed by atoms with Crippen molar-refractivity contribution in [2.45, 2.75) is 40.7 Å². The molecule has 0 radical (unpaired) electrons. The zero-order valence-electron chi connectivity index (χ0n) is 16.5. The Balaban J connectivity index is 2.43. The molecular formula is C21H30N2O3. The van der Waals surface area contributed by atoms with E-state index in [4.69, 9.17) is 0 Å². The summed E-state index contributed by atoms with van der Waals surface area (Å²) in [5.41, 5.74) is 0.385. The number of hydrogen-bond donors (Lipinski definition) is 1. The zero-order chi connectivity index (χ0) is 19.5. The van der Waals surface area contributed by atoms with Crippen molar-refractivity contribution in [1.29, 1.82) is 0 Å². The highest BCUT2D eigenvalue weighted by molar-refractivity contribution is 6.10. The van der Waals surface area contributed by atoms with Gasteiger partial charge in [0.25, 0.3) is 5.91 Å².